The molecule has 82 valence electrons. The summed E-state index contributed by atoms with van der Waals surface area (Å²) in [6.07, 6.45) is 0.662. The van der Waals surface area contributed by atoms with Gasteiger partial charge in [0.15, 0.2) is 0 Å². The van der Waals surface area contributed by atoms with Gasteiger partial charge in [0.1, 0.15) is 0 Å². The summed E-state index contributed by atoms with van der Waals surface area (Å²) >= 11 is 0. The van der Waals surface area contributed by atoms with E-state index in [-0.39, 0.29) is 5.91 Å². The zero-order valence-corrected chi connectivity index (χ0v) is 9.53. The number of hydrogen-bond acceptors (Lipinski definition) is 2. The fourth-order valence-corrected chi connectivity index (χ4v) is 1.39. The minimum atomic E-state index is -0.407. The SMILES string of the molecule is CC[C@H](N)C(=O)N(C)c1cccc(C)c1. The maximum absolute atomic E-state index is 11.8. The lowest BCUT2D eigenvalue weighted by molar-refractivity contribution is -0.119. The molecule has 0 aliphatic heterocycles. The number of nitrogens with two attached hydrogens (primary N) is 1. The molecule has 3 heteroatoms. The van der Waals surface area contributed by atoms with Gasteiger partial charge in [0, 0.05) is 12.7 Å². The molecule has 0 fully saturated rings. The van der Waals surface area contributed by atoms with E-state index in [1.807, 2.05) is 38.1 Å². The van der Waals surface area contributed by atoms with Crippen LogP contribution in [0.1, 0.15) is 18.9 Å². The number of carbonyl (C=O) groups is 1. The Hall–Kier alpha value is -1.35. The van der Waals surface area contributed by atoms with Crippen molar-refractivity contribution in [3.8, 4) is 0 Å². The van der Waals surface area contributed by atoms with Gasteiger partial charge in [-0.25, -0.2) is 0 Å². The first-order valence-electron chi connectivity index (χ1n) is 5.16. The van der Waals surface area contributed by atoms with Crippen molar-refractivity contribution in [2.75, 3.05) is 11.9 Å². The molecule has 1 amide bonds. The van der Waals surface area contributed by atoms with Crippen molar-refractivity contribution in [2.24, 2.45) is 5.73 Å². The van der Waals surface area contributed by atoms with E-state index in [4.69, 9.17) is 5.73 Å². The van der Waals surface area contributed by atoms with Crippen molar-refractivity contribution in [2.45, 2.75) is 26.3 Å². The van der Waals surface area contributed by atoms with Crippen LogP contribution in [0, 0.1) is 6.92 Å². The van der Waals surface area contributed by atoms with Gasteiger partial charge in [0.2, 0.25) is 5.91 Å². The Morgan fingerprint density at radius 1 is 1.53 bits per heavy atom. The lowest BCUT2D eigenvalue weighted by atomic mass is 10.1. The Morgan fingerprint density at radius 3 is 2.73 bits per heavy atom. The molecular weight excluding hydrogens is 188 g/mol. The monoisotopic (exact) mass is 206 g/mol. The molecule has 1 aromatic rings. The number of nitrogens with zero attached hydrogens (tertiary/aromatic N) is 1. The van der Waals surface area contributed by atoms with Crippen molar-refractivity contribution in [1.29, 1.82) is 0 Å². The Bertz CT molecular complexity index is 349. The van der Waals surface area contributed by atoms with E-state index >= 15 is 0 Å². The van der Waals surface area contributed by atoms with E-state index in [1.54, 1.807) is 11.9 Å². The highest BCUT2D eigenvalue weighted by Crippen LogP contribution is 2.15. The van der Waals surface area contributed by atoms with Gasteiger partial charge in [-0.3, -0.25) is 4.79 Å². The third kappa shape index (κ3) is 2.80. The standard InChI is InChI=1S/C12H18N2O/c1-4-11(13)12(15)14(3)10-7-5-6-9(2)8-10/h5-8,11H,4,13H2,1-3H3/t11-/m0/s1. The van der Waals surface area contributed by atoms with Crippen molar-refractivity contribution in [3.63, 3.8) is 0 Å². The fraction of sp³-hybridized carbons (Fsp3) is 0.417. The van der Waals surface area contributed by atoms with Crippen molar-refractivity contribution in [1.82, 2.24) is 0 Å². The minimum Gasteiger partial charge on any atom is -0.320 e. The summed E-state index contributed by atoms with van der Waals surface area (Å²) in [6.45, 7) is 3.91. The normalized spacial score (nSPS) is 12.3. The summed E-state index contributed by atoms with van der Waals surface area (Å²) in [7, 11) is 1.76. The molecule has 1 aromatic carbocycles. The quantitative estimate of drug-likeness (QED) is 0.818. The van der Waals surface area contributed by atoms with Gasteiger partial charge in [-0.1, -0.05) is 19.1 Å². The number of amides is 1. The lowest BCUT2D eigenvalue weighted by Gasteiger charge is -2.20. The third-order valence-corrected chi connectivity index (χ3v) is 2.48. The van der Waals surface area contributed by atoms with Crippen LogP contribution in [-0.4, -0.2) is 19.0 Å². The van der Waals surface area contributed by atoms with Crippen molar-refractivity contribution in [3.05, 3.63) is 29.8 Å². The van der Waals surface area contributed by atoms with Crippen LogP contribution in [0.2, 0.25) is 0 Å². The van der Waals surface area contributed by atoms with Crippen molar-refractivity contribution >= 4 is 11.6 Å². The summed E-state index contributed by atoms with van der Waals surface area (Å²) in [5.74, 6) is -0.0388. The summed E-state index contributed by atoms with van der Waals surface area (Å²) < 4.78 is 0. The Labute approximate surface area is 90.9 Å². The molecule has 1 rings (SSSR count). The maximum atomic E-state index is 11.8. The van der Waals surface area contributed by atoms with Gasteiger partial charge in [-0.15, -0.1) is 0 Å². The highest BCUT2D eigenvalue weighted by atomic mass is 16.2. The van der Waals surface area contributed by atoms with Crippen LogP contribution >= 0.6 is 0 Å². The number of hydrogen-bond donors (Lipinski definition) is 1. The van der Waals surface area contributed by atoms with Gasteiger partial charge in [-0.05, 0) is 31.0 Å². The van der Waals surface area contributed by atoms with Crippen LogP contribution in [0.5, 0.6) is 0 Å². The molecule has 0 aliphatic rings. The van der Waals surface area contributed by atoms with Gasteiger partial charge in [0.25, 0.3) is 0 Å². The molecule has 0 aliphatic carbocycles. The first kappa shape index (κ1) is 11.7. The fourth-order valence-electron chi connectivity index (χ4n) is 1.39. The Balaban J connectivity index is 2.85. The highest BCUT2D eigenvalue weighted by Gasteiger charge is 2.17. The largest absolute Gasteiger partial charge is 0.320 e. The van der Waals surface area contributed by atoms with E-state index in [0.717, 1.165) is 11.3 Å². The van der Waals surface area contributed by atoms with Gasteiger partial charge >= 0.3 is 0 Å². The number of rotatable bonds is 3. The summed E-state index contributed by atoms with van der Waals surface area (Å²) in [4.78, 5) is 13.4. The van der Waals surface area contributed by atoms with Crippen LogP contribution in [0.15, 0.2) is 24.3 Å². The Morgan fingerprint density at radius 2 is 2.20 bits per heavy atom. The average Bonchev–Trinajstić information content (AvgIpc) is 2.26. The number of likely N-dealkylation sites (N-methyl/N-ethyl adjacent to an activating group) is 1. The molecule has 0 spiro atoms. The van der Waals surface area contributed by atoms with Gasteiger partial charge < -0.3 is 10.6 Å². The molecule has 0 radical (unpaired) electrons. The van der Waals surface area contributed by atoms with E-state index < -0.39 is 6.04 Å². The molecule has 0 aromatic heterocycles. The zero-order valence-electron chi connectivity index (χ0n) is 9.53. The van der Waals surface area contributed by atoms with Gasteiger partial charge in [-0.2, -0.15) is 0 Å². The molecule has 0 bridgehead atoms. The van der Waals surface area contributed by atoms with Crippen LogP contribution in [0.25, 0.3) is 0 Å². The lowest BCUT2D eigenvalue weighted by Crippen LogP contribution is -2.41. The second-order valence-corrected chi connectivity index (χ2v) is 3.75. The predicted molar refractivity (Wildman–Crippen MR) is 62.9 cm³/mol. The Kier molecular flexibility index (Phi) is 3.86. The molecule has 0 unspecified atom stereocenters. The minimum absolute atomic E-state index is 0.0388. The average molecular weight is 206 g/mol. The van der Waals surface area contributed by atoms with Crippen LogP contribution in [-0.2, 0) is 4.79 Å². The first-order chi connectivity index (χ1) is 7.06. The van der Waals surface area contributed by atoms with E-state index in [9.17, 15) is 4.79 Å². The second-order valence-electron chi connectivity index (χ2n) is 3.75. The molecule has 0 heterocycles. The third-order valence-electron chi connectivity index (χ3n) is 2.48. The molecule has 0 saturated carbocycles. The molecule has 1 atom stereocenters. The number of anilines is 1. The molecule has 15 heavy (non-hydrogen) atoms. The zero-order chi connectivity index (χ0) is 11.4. The maximum Gasteiger partial charge on any atom is 0.243 e. The summed E-state index contributed by atoms with van der Waals surface area (Å²) in [5.41, 5.74) is 7.73. The predicted octanol–water partition coefficient (Wildman–Crippen LogP) is 1.70. The number of benzene rings is 1. The van der Waals surface area contributed by atoms with Crippen molar-refractivity contribution < 1.29 is 4.79 Å². The van der Waals surface area contributed by atoms with Crippen LogP contribution < -0.4 is 10.6 Å². The number of carbonyl (C=O) groups excluding carboxylic acids is 1. The topological polar surface area (TPSA) is 46.3 Å². The molecule has 2 N–H and O–H groups in total. The van der Waals surface area contributed by atoms with Gasteiger partial charge in [0.05, 0.1) is 6.04 Å². The highest BCUT2D eigenvalue weighted by molar-refractivity contribution is 5.96. The van der Waals surface area contributed by atoms with E-state index in [1.165, 1.54) is 0 Å². The summed E-state index contributed by atoms with van der Waals surface area (Å²) in [5, 5.41) is 0. The molecule has 0 saturated heterocycles. The van der Waals surface area contributed by atoms with Crippen LogP contribution in [0.4, 0.5) is 5.69 Å². The molecule has 3 nitrogen and oxygen atoms in total. The number of aryl methyl sites for hydroxylation is 1. The summed E-state index contributed by atoms with van der Waals surface area (Å²) in [6, 6.07) is 7.41. The molecular formula is C12H18N2O. The van der Waals surface area contributed by atoms with E-state index in [0.29, 0.717) is 6.42 Å². The van der Waals surface area contributed by atoms with Crippen LogP contribution in [0.3, 0.4) is 0 Å². The second kappa shape index (κ2) is 4.94. The smallest absolute Gasteiger partial charge is 0.243 e. The van der Waals surface area contributed by atoms with E-state index in [2.05, 4.69) is 0 Å². The first-order valence-corrected chi connectivity index (χ1v) is 5.16.